The Balaban J connectivity index is 1.15. The van der Waals surface area contributed by atoms with E-state index in [-0.39, 0.29) is 24.1 Å². The minimum Gasteiger partial charge on any atom is -0.448 e. The zero-order valence-electron chi connectivity index (χ0n) is 21.8. The van der Waals surface area contributed by atoms with Crippen LogP contribution in [0.4, 0.5) is 4.79 Å². The summed E-state index contributed by atoms with van der Waals surface area (Å²) in [5.74, 6) is 0.0496. The van der Waals surface area contributed by atoms with Gasteiger partial charge in [-0.3, -0.25) is 0 Å². The molecule has 1 aliphatic carbocycles. The Hall–Kier alpha value is -2.45. The molecule has 5 rings (SSSR count). The van der Waals surface area contributed by atoms with Gasteiger partial charge < -0.3 is 29.0 Å². The van der Waals surface area contributed by atoms with Crippen molar-refractivity contribution in [2.24, 2.45) is 0 Å². The molecular weight excluding hydrogens is 470 g/mol. The van der Waals surface area contributed by atoms with Crippen LogP contribution in [0.5, 0.6) is 0 Å². The average molecular weight is 510 g/mol. The number of hydrogen-bond donors (Lipinski definition) is 1. The standard InChI is InChI=1S/C30H39NO6/c1-34-15-16-36-18-17-35-14-13-30(33)19-22-7-6-8-23(20-30)31(22)29(32)37-21-28-26-11-4-2-9-24(26)25-10-3-5-12-27(25)28/h2-5,9-12,22-23,28,33H,6-8,13-21H2,1H3. The first-order valence-corrected chi connectivity index (χ1v) is 13.6. The Bertz CT molecular complexity index is 998. The summed E-state index contributed by atoms with van der Waals surface area (Å²) >= 11 is 0. The van der Waals surface area contributed by atoms with Crippen LogP contribution in [0.3, 0.4) is 0 Å². The lowest BCUT2D eigenvalue weighted by Gasteiger charge is -2.51. The molecule has 200 valence electrons. The Morgan fingerprint density at radius 3 is 2.08 bits per heavy atom. The highest BCUT2D eigenvalue weighted by Crippen LogP contribution is 2.45. The van der Waals surface area contributed by atoms with E-state index in [9.17, 15) is 9.90 Å². The smallest absolute Gasteiger partial charge is 0.410 e. The largest absolute Gasteiger partial charge is 0.448 e. The lowest BCUT2D eigenvalue weighted by Crippen LogP contribution is -2.60. The lowest BCUT2D eigenvalue weighted by molar-refractivity contribution is -0.0987. The van der Waals surface area contributed by atoms with Gasteiger partial charge in [-0.2, -0.15) is 0 Å². The van der Waals surface area contributed by atoms with E-state index in [0.29, 0.717) is 58.9 Å². The molecule has 2 unspecified atom stereocenters. The van der Waals surface area contributed by atoms with Gasteiger partial charge in [0.15, 0.2) is 0 Å². The number of hydrogen-bond acceptors (Lipinski definition) is 6. The van der Waals surface area contributed by atoms with Gasteiger partial charge in [0.25, 0.3) is 0 Å². The van der Waals surface area contributed by atoms with Crippen molar-refractivity contribution in [1.82, 2.24) is 4.90 Å². The van der Waals surface area contributed by atoms with Crippen LogP contribution < -0.4 is 0 Å². The molecule has 0 radical (unpaired) electrons. The number of methoxy groups -OCH3 is 1. The Kier molecular flexibility index (Phi) is 8.45. The fourth-order valence-corrected chi connectivity index (χ4v) is 6.42. The highest BCUT2D eigenvalue weighted by molar-refractivity contribution is 5.79. The van der Waals surface area contributed by atoms with Crippen molar-refractivity contribution in [2.45, 2.75) is 62.1 Å². The van der Waals surface area contributed by atoms with Crippen molar-refractivity contribution < 1.29 is 28.8 Å². The van der Waals surface area contributed by atoms with Crippen LogP contribution in [0.1, 0.15) is 55.6 Å². The number of carbonyl (C=O) groups excluding carboxylic acids is 1. The quantitative estimate of drug-likeness (QED) is 0.441. The minimum atomic E-state index is -0.813. The molecule has 37 heavy (non-hydrogen) atoms. The number of amides is 1. The van der Waals surface area contributed by atoms with E-state index in [0.717, 1.165) is 19.3 Å². The van der Waals surface area contributed by atoms with Crippen molar-refractivity contribution in [2.75, 3.05) is 46.8 Å². The van der Waals surface area contributed by atoms with Gasteiger partial charge in [-0.15, -0.1) is 0 Å². The second-order valence-corrected chi connectivity index (χ2v) is 10.5. The number of benzene rings is 2. The van der Waals surface area contributed by atoms with Crippen LogP contribution in [-0.2, 0) is 18.9 Å². The number of rotatable bonds is 11. The summed E-state index contributed by atoms with van der Waals surface area (Å²) in [4.78, 5) is 15.3. The van der Waals surface area contributed by atoms with Crippen LogP contribution >= 0.6 is 0 Å². The zero-order chi connectivity index (χ0) is 25.7. The van der Waals surface area contributed by atoms with Gasteiger partial charge >= 0.3 is 6.09 Å². The van der Waals surface area contributed by atoms with Crippen LogP contribution in [-0.4, -0.2) is 80.5 Å². The summed E-state index contributed by atoms with van der Waals surface area (Å²) in [6, 6.07) is 16.8. The highest BCUT2D eigenvalue weighted by atomic mass is 16.6. The highest BCUT2D eigenvalue weighted by Gasteiger charge is 2.47. The zero-order valence-corrected chi connectivity index (χ0v) is 21.8. The molecular formula is C30H39NO6. The number of nitrogens with zero attached hydrogens (tertiary/aromatic N) is 1. The molecule has 7 nitrogen and oxygen atoms in total. The number of carbonyl (C=O) groups is 1. The number of piperidine rings is 2. The average Bonchev–Trinajstić information content (AvgIpc) is 3.22. The summed E-state index contributed by atoms with van der Waals surface area (Å²) in [5, 5.41) is 11.4. The molecule has 2 bridgehead atoms. The van der Waals surface area contributed by atoms with E-state index in [1.165, 1.54) is 22.3 Å². The Labute approximate surface area is 219 Å². The van der Waals surface area contributed by atoms with Crippen LogP contribution in [0.25, 0.3) is 11.1 Å². The number of aliphatic hydroxyl groups is 1. The summed E-state index contributed by atoms with van der Waals surface area (Å²) in [5.41, 5.74) is 4.07. The summed E-state index contributed by atoms with van der Waals surface area (Å²) in [6.45, 7) is 2.95. The third-order valence-electron chi connectivity index (χ3n) is 8.16. The molecule has 2 aliphatic heterocycles. The maximum atomic E-state index is 13.4. The van der Waals surface area contributed by atoms with Gasteiger partial charge in [0.2, 0.25) is 0 Å². The molecule has 2 atom stereocenters. The lowest BCUT2D eigenvalue weighted by atomic mass is 9.74. The second-order valence-electron chi connectivity index (χ2n) is 10.5. The minimum absolute atomic E-state index is 0.00512. The molecule has 0 saturated carbocycles. The molecule has 1 N–H and O–H groups in total. The van der Waals surface area contributed by atoms with E-state index < -0.39 is 5.60 Å². The normalized spacial score (nSPS) is 24.5. The molecule has 2 aromatic carbocycles. The molecule has 2 aromatic rings. The van der Waals surface area contributed by atoms with Crippen molar-refractivity contribution in [1.29, 1.82) is 0 Å². The molecule has 7 heteroatoms. The molecule has 2 saturated heterocycles. The third-order valence-corrected chi connectivity index (χ3v) is 8.16. The van der Waals surface area contributed by atoms with Gasteiger partial charge in [-0.25, -0.2) is 4.79 Å². The fourth-order valence-electron chi connectivity index (χ4n) is 6.42. The predicted octanol–water partition coefficient (Wildman–Crippen LogP) is 4.75. The maximum absolute atomic E-state index is 13.4. The SMILES string of the molecule is COCCOCCOCCC1(O)CC2CCCC(C1)N2C(=O)OCC1c2ccccc2-c2ccccc21. The first kappa shape index (κ1) is 26.2. The molecule has 3 aliphatic rings. The number of fused-ring (bicyclic) bond motifs is 5. The van der Waals surface area contributed by atoms with Gasteiger partial charge in [0, 0.05) is 31.7 Å². The predicted molar refractivity (Wildman–Crippen MR) is 141 cm³/mol. The van der Waals surface area contributed by atoms with E-state index >= 15 is 0 Å². The van der Waals surface area contributed by atoms with E-state index in [1.54, 1.807) is 7.11 Å². The summed E-state index contributed by atoms with van der Waals surface area (Å²) in [7, 11) is 1.65. The topological polar surface area (TPSA) is 77.5 Å². The second kappa shape index (κ2) is 11.9. The molecule has 0 aromatic heterocycles. The Morgan fingerprint density at radius 1 is 0.892 bits per heavy atom. The molecule has 2 heterocycles. The van der Waals surface area contributed by atoms with Crippen LogP contribution in [0.15, 0.2) is 48.5 Å². The van der Waals surface area contributed by atoms with Crippen LogP contribution in [0.2, 0.25) is 0 Å². The van der Waals surface area contributed by atoms with Crippen molar-refractivity contribution >= 4 is 6.09 Å². The summed E-state index contributed by atoms with van der Waals surface area (Å²) in [6.07, 6.45) is 4.34. The fraction of sp³-hybridized carbons (Fsp3) is 0.567. The number of ether oxygens (including phenoxy) is 4. The van der Waals surface area contributed by atoms with Crippen LogP contribution in [0, 0.1) is 0 Å². The summed E-state index contributed by atoms with van der Waals surface area (Å²) < 4.78 is 22.1. The molecule has 0 spiro atoms. The monoisotopic (exact) mass is 509 g/mol. The third kappa shape index (κ3) is 5.85. The van der Waals surface area contributed by atoms with E-state index in [1.807, 2.05) is 17.0 Å². The maximum Gasteiger partial charge on any atom is 0.410 e. The first-order chi connectivity index (χ1) is 18.1. The van der Waals surface area contributed by atoms with Gasteiger partial charge in [-0.1, -0.05) is 48.5 Å². The van der Waals surface area contributed by atoms with E-state index in [2.05, 4.69) is 36.4 Å². The van der Waals surface area contributed by atoms with Gasteiger partial charge in [-0.05, 0) is 60.8 Å². The van der Waals surface area contributed by atoms with Gasteiger partial charge in [0.1, 0.15) is 6.61 Å². The van der Waals surface area contributed by atoms with Crippen molar-refractivity contribution in [3.8, 4) is 11.1 Å². The van der Waals surface area contributed by atoms with Crippen molar-refractivity contribution in [3.05, 3.63) is 59.7 Å². The first-order valence-electron chi connectivity index (χ1n) is 13.6. The van der Waals surface area contributed by atoms with Gasteiger partial charge in [0.05, 0.1) is 32.0 Å². The molecule has 2 fully saturated rings. The molecule has 1 amide bonds. The Morgan fingerprint density at radius 2 is 1.46 bits per heavy atom. The van der Waals surface area contributed by atoms with Crippen molar-refractivity contribution in [3.63, 3.8) is 0 Å². The van der Waals surface area contributed by atoms with E-state index in [4.69, 9.17) is 18.9 Å².